The molecule has 2 aromatic rings. The Labute approximate surface area is 152 Å². The number of likely N-dealkylation sites (tertiary alicyclic amines) is 1. The Morgan fingerprint density at radius 1 is 1.19 bits per heavy atom. The lowest BCUT2D eigenvalue weighted by Gasteiger charge is -2.52. The molecular weight excluding hydrogens is 330 g/mol. The van der Waals surface area contributed by atoms with Gasteiger partial charge in [-0.15, -0.1) is 0 Å². The van der Waals surface area contributed by atoms with E-state index in [9.17, 15) is 9.59 Å². The smallest absolute Gasteiger partial charge is 0.254 e. The van der Waals surface area contributed by atoms with Crippen molar-refractivity contribution in [3.63, 3.8) is 0 Å². The van der Waals surface area contributed by atoms with E-state index in [1.165, 1.54) is 0 Å². The summed E-state index contributed by atoms with van der Waals surface area (Å²) in [6, 6.07) is 13.0. The maximum Gasteiger partial charge on any atom is 0.254 e. The van der Waals surface area contributed by atoms with Crippen LogP contribution in [0.3, 0.4) is 0 Å². The van der Waals surface area contributed by atoms with Gasteiger partial charge in [0.2, 0.25) is 0 Å². The van der Waals surface area contributed by atoms with Crippen LogP contribution in [-0.2, 0) is 9.53 Å². The number of anilines is 1. The number of ether oxygens (including phenoxy) is 1. The second-order valence-electron chi connectivity index (χ2n) is 6.97. The Kier molecular flexibility index (Phi) is 4.20. The van der Waals surface area contributed by atoms with Crippen LogP contribution in [0.2, 0.25) is 0 Å². The van der Waals surface area contributed by atoms with Crippen LogP contribution in [-0.4, -0.2) is 53.0 Å². The van der Waals surface area contributed by atoms with Crippen LogP contribution >= 0.6 is 0 Å². The zero-order chi connectivity index (χ0) is 18.1. The van der Waals surface area contributed by atoms with Crippen LogP contribution in [0.5, 0.6) is 0 Å². The van der Waals surface area contributed by atoms with Crippen LogP contribution in [0.25, 0.3) is 0 Å². The molecule has 0 unspecified atom stereocenters. The van der Waals surface area contributed by atoms with Gasteiger partial charge in [0, 0.05) is 30.2 Å². The maximum atomic E-state index is 12.8. The highest BCUT2D eigenvalue weighted by Crippen LogP contribution is 2.36. The third-order valence-electron chi connectivity index (χ3n) is 5.24. The number of fused-ring (bicyclic) bond motifs is 1. The molecule has 3 heterocycles. The number of hydrogen-bond acceptors (Lipinski definition) is 4. The van der Waals surface area contributed by atoms with Gasteiger partial charge in [0.15, 0.2) is 0 Å². The molecule has 6 heteroatoms. The monoisotopic (exact) mass is 351 g/mol. The van der Waals surface area contributed by atoms with Crippen LogP contribution in [0.15, 0.2) is 54.9 Å². The minimum atomic E-state index is -0.593. The highest BCUT2D eigenvalue weighted by atomic mass is 16.5. The second-order valence-corrected chi connectivity index (χ2v) is 6.97. The third-order valence-corrected chi connectivity index (χ3v) is 5.24. The third kappa shape index (κ3) is 2.86. The Hall–Kier alpha value is -2.73. The number of benzene rings is 1. The lowest BCUT2D eigenvalue weighted by molar-refractivity contribution is -0.149. The van der Waals surface area contributed by atoms with Gasteiger partial charge in [-0.3, -0.25) is 14.6 Å². The minimum Gasteiger partial charge on any atom is -0.361 e. The van der Waals surface area contributed by atoms with Gasteiger partial charge in [0.25, 0.3) is 11.8 Å². The maximum absolute atomic E-state index is 12.8. The Morgan fingerprint density at radius 2 is 1.92 bits per heavy atom. The fourth-order valence-electron chi connectivity index (χ4n) is 3.92. The number of hydrogen-bond donors (Lipinski definition) is 0. The number of amides is 2. The lowest BCUT2D eigenvalue weighted by atomic mass is 9.85. The van der Waals surface area contributed by atoms with Gasteiger partial charge >= 0.3 is 0 Å². The van der Waals surface area contributed by atoms with Gasteiger partial charge in [0.05, 0.1) is 12.6 Å². The molecule has 134 valence electrons. The molecular formula is C20H21N3O3. The lowest BCUT2D eigenvalue weighted by Crippen LogP contribution is -2.68. The SMILES string of the molecule is C[C@@]12CN(C(=O)c3ccncc3)CC[C@H]1N(c1ccccc1)C(=O)CO2. The predicted octanol–water partition coefficient (Wildman–Crippen LogP) is 2.12. The largest absolute Gasteiger partial charge is 0.361 e. The van der Waals surface area contributed by atoms with Crippen molar-refractivity contribution < 1.29 is 14.3 Å². The van der Waals surface area contributed by atoms with E-state index in [2.05, 4.69) is 4.98 Å². The highest BCUT2D eigenvalue weighted by Gasteiger charge is 2.50. The number of rotatable bonds is 2. The number of aromatic nitrogens is 1. The Morgan fingerprint density at radius 3 is 2.65 bits per heavy atom. The topological polar surface area (TPSA) is 62.7 Å². The van der Waals surface area contributed by atoms with Crippen molar-refractivity contribution in [2.45, 2.75) is 25.0 Å². The van der Waals surface area contributed by atoms with E-state index < -0.39 is 5.60 Å². The number of nitrogens with zero attached hydrogens (tertiary/aromatic N) is 3. The molecule has 0 aliphatic carbocycles. The summed E-state index contributed by atoms with van der Waals surface area (Å²) in [5, 5.41) is 0. The highest BCUT2D eigenvalue weighted by molar-refractivity contribution is 5.97. The number of morpholine rings is 1. The number of carbonyl (C=O) groups is 2. The van der Waals surface area contributed by atoms with Crippen LogP contribution in [0.4, 0.5) is 5.69 Å². The fourth-order valence-corrected chi connectivity index (χ4v) is 3.92. The first kappa shape index (κ1) is 16.7. The molecule has 0 bridgehead atoms. The van der Waals surface area contributed by atoms with Crippen LogP contribution < -0.4 is 4.90 Å². The van der Waals surface area contributed by atoms with Crippen molar-refractivity contribution in [3.8, 4) is 0 Å². The van der Waals surface area contributed by atoms with Crippen LogP contribution in [0, 0.1) is 0 Å². The predicted molar refractivity (Wildman–Crippen MR) is 96.8 cm³/mol. The summed E-state index contributed by atoms with van der Waals surface area (Å²) in [4.78, 5) is 33.0. The summed E-state index contributed by atoms with van der Waals surface area (Å²) in [6.45, 7) is 3.06. The first-order chi connectivity index (χ1) is 12.6. The molecule has 2 saturated heterocycles. The minimum absolute atomic E-state index is 0.0270. The van der Waals surface area contributed by atoms with Gasteiger partial charge in [-0.25, -0.2) is 0 Å². The molecule has 0 radical (unpaired) electrons. The summed E-state index contributed by atoms with van der Waals surface area (Å²) in [6.07, 6.45) is 3.91. The molecule has 2 amide bonds. The average Bonchev–Trinajstić information content (AvgIpc) is 2.69. The summed E-state index contributed by atoms with van der Waals surface area (Å²) in [7, 11) is 0. The van der Waals surface area contributed by atoms with Gasteiger partial charge < -0.3 is 14.5 Å². The van der Waals surface area contributed by atoms with Crippen molar-refractivity contribution in [2.75, 3.05) is 24.6 Å². The number of piperidine rings is 1. The van der Waals surface area contributed by atoms with Crippen LogP contribution in [0.1, 0.15) is 23.7 Å². The van der Waals surface area contributed by atoms with E-state index in [0.29, 0.717) is 25.1 Å². The van der Waals surface area contributed by atoms with Gasteiger partial charge in [-0.2, -0.15) is 0 Å². The Bertz CT molecular complexity index is 812. The molecule has 1 aromatic carbocycles. The van der Waals surface area contributed by atoms with Crippen molar-refractivity contribution in [1.82, 2.24) is 9.88 Å². The quantitative estimate of drug-likeness (QED) is 0.831. The first-order valence-electron chi connectivity index (χ1n) is 8.79. The zero-order valence-electron chi connectivity index (χ0n) is 14.7. The van der Waals surface area contributed by atoms with Gasteiger partial charge in [0.1, 0.15) is 12.2 Å². The van der Waals surface area contributed by atoms with Gasteiger partial charge in [-0.1, -0.05) is 18.2 Å². The van der Waals surface area contributed by atoms with E-state index in [1.807, 2.05) is 47.1 Å². The molecule has 2 atom stereocenters. The standard InChI is InChI=1S/C20H21N3O3/c1-20-14-22(19(25)15-7-10-21-11-8-15)12-9-17(20)23(18(24)13-26-20)16-5-3-2-4-6-16/h2-8,10-11,17H,9,12-14H2,1H3/t17-,20-/m1/s1. The number of para-hydroxylation sites is 1. The number of pyridine rings is 1. The second kappa shape index (κ2) is 6.53. The first-order valence-corrected chi connectivity index (χ1v) is 8.79. The van der Waals surface area contributed by atoms with E-state index >= 15 is 0 Å². The number of carbonyl (C=O) groups excluding carboxylic acids is 2. The van der Waals surface area contributed by atoms with E-state index in [4.69, 9.17) is 4.74 Å². The molecule has 2 aliphatic heterocycles. The van der Waals surface area contributed by atoms with Crippen molar-refractivity contribution in [1.29, 1.82) is 0 Å². The molecule has 0 N–H and O–H groups in total. The molecule has 6 nitrogen and oxygen atoms in total. The normalized spacial score (nSPS) is 25.7. The van der Waals surface area contributed by atoms with E-state index in [0.717, 1.165) is 5.69 Å². The molecule has 4 rings (SSSR count). The van der Waals surface area contributed by atoms with E-state index in [-0.39, 0.29) is 24.5 Å². The molecule has 0 spiro atoms. The zero-order valence-corrected chi connectivity index (χ0v) is 14.7. The van der Waals surface area contributed by atoms with Gasteiger partial charge in [-0.05, 0) is 37.6 Å². The summed E-state index contributed by atoms with van der Waals surface area (Å²) in [5.41, 5.74) is 0.907. The molecule has 2 fully saturated rings. The summed E-state index contributed by atoms with van der Waals surface area (Å²) < 4.78 is 5.95. The van der Waals surface area contributed by atoms with E-state index in [1.54, 1.807) is 24.5 Å². The Balaban J connectivity index is 1.59. The molecule has 0 saturated carbocycles. The van der Waals surface area contributed by atoms with Crippen molar-refractivity contribution in [3.05, 3.63) is 60.4 Å². The summed E-state index contributed by atoms with van der Waals surface area (Å²) in [5.74, 6) is -0.0635. The molecule has 26 heavy (non-hydrogen) atoms. The average molecular weight is 351 g/mol. The molecule has 2 aliphatic rings. The summed E-state index contributed by atoms with van der Waals surface area (Å²) >= 11 is 0. The van der Waals surface area contributed by atoms with Crippen molar-refractivity contribution >= 4 is 17.5 Å². The fraction of sp³-hybridized carbons (Fsp3) is 0.350. The molecule has 1 aromatic heterocycles. The van der Waals surface area contributed by atoms with Crippen molar-refractivity contribution in [2.24, 2.45) is 0 Å².